The maximum atomic E-state index is 12.9. The van der Waals surface area contributed by atoms with E-state index in [1.54, 1.807) is 6.92 Å². The van der Waals surface area contributed by atoms with Crippen molar-refractivity contribution in [3.63, 3.8) is 0 Å². The van der Waals surface area contributed by atoms with Crippen LogP contribution in [0.3, 0.4) is 0 Å². The van der Waals surface area contributed by atoms with Gasteiger partial charge in [-0.25, -0.2) is 4.39 Å². The average molecular weight is 222 g/mol. The minimum atomic E-state index is -0.548. The van der Waals surface area contributed by atoms with E-state index < -0.39 is 10.7 Å². The molecule has 0 bridgehead atoms. The highest BCUT2D eigenvalue weighted by Gasteiger charge is 2.13. The van der Waals surface area contributed by atoms with Gasteiger partial charge in [-0.15, -0.1) is 11.8 Å². The molecule has 0 heterocycles. The smallest absolute Gasteiger partial charge is 0.292 e. The van der Waals surface area contributed by atoms with E-state index in [0.29, 0.717) is 13.0 Å². The molecule has 0 spiro atoms. The number of halogens is 1. The molecule has 5 heteroatoms. The Morgan fingerprint density at radius 3 is 2.94 bits per heavy atom. The number of rotatable bonds is 4. The predicted octanol–water partition coefficient (Wildman–Crippen LogP) is 2.56. The third-order valence-electron chi connectivity index (χ3n) is 1.90. The maximum Gasteiger partial charge on any atom is 0.292 e. The van der Waals surface area contributed by atoms with Crippen LogP contribution in [0.4, 0.5) is 15.8 Å². The molecule has 0 aromatic heterocycles. The molecule has 0 saturated heterocycles. The van der Waals surface area contributed by atoms with Gasteiger partial charge in [-0.1, -0.05) is 0 Å². The van der Waals surface area contributed by atoms with Crippen LogP contribution >= 0.6 is 0 Å². The molecular weight excluding hydrogens is 211 g/mol. The van der Waals surface area contributed by atoms with Gasteiger partial charge >= 0.3 is 0 Å². The van der Waals surface area contributed by atoms with Crippen LogP contribution in [0.25, 0.3) is 0 Å². The molecule has 0 aliphatic heterocycles. The first-order valence-electron chi connectivity index (χ1n) is 4.72. The van der Waals surface area contributed by atoms with Crippen molar-refractivity contribution in [2.24, 2.45) is 0 Å². The largest absolute Gasteiger partial charge is 0.378 e. The molecule has 0 saturated carbocycles. The fraction of sp³-hybridized carbons (Fsp3) is 0.273. The Balaban J connectivity index is 2.78. The van der Waals surface area contributed by atoms with Gasteiger partial charge in [0.1, 0.15) is 11.5 Å². The number of nitro benzene ring substituents is 1. The quantitative estimate of drug-likeness (QED) is 0.368. The first kappa shape index (κ1) is 12.0. The second-order valence-corrected chi connectivity index (χ2v) is 3.02. The summed E-state index contributed by atoms with van der Waals surface area (Å²) in [4.78, 5) is 10.1. The Hall–Kier alpha value is -2.09. The number of hydrogen-bond acceptors (Lipinski definition) is 3. The zero-order valence-electron chi connectivity index (χ0n) is 8.79. The Labute approximate surface area is 92.6 Å². The van der Waals surface area contributed by atoms with E-state index >= 15 is 0 Å². The van der Waals surface area contributed by atoms with Crippen molar-refractivity contribution in [2.75, 3.05) is 11.9 Å². The molecule has 4 nitrogen and oxygen atoms in total. The van der Waals surface area contributed by atoms with Gasteiger partial charge in [-0.05, 0) is 13.0 Å². The van der Waals surface area contributed by atoms with Crippen LogP contribution in [-0.4, -0.2) is 11.5 Å². The highest BCUT2D eigenvalue weighted by Crippen LogP contribution is 2.24. The summed E-state index contributed by atoms with van der Waals surface area (Å²) in [5.74, 6) is 5.01. The first-order chi connectivity index (χ1) is 7.65. The van der Waals surface area contributed by atoms with Crippen LogP contribution in [0.5, 0.6) is 0 Å². The third kappa shape index (κ3) is 3.24. The van der Waals surface area contributed by atoms with Crippen molar-refractivity contribution in [3.05, 3.63) is 34.1 Å². The second kappa shape index (κ2) is 5.71. The molecule has 1 rings (SSSR count). The summed E-state index contributed by atoms with van der Waals surface area (Å²) in [6, 6.07) is 3.32. The topological polar surface area (TPSA) is 55.2 Å². The molecule has 16 heavy (non-hydrogen) atoms. The van der Waals surface area contributed by atoms with E-state index in [9.17, 15) is 14.5 Å². The Morgan fingerprint density at radius 2 is 2.31 bits per heavy atom. The van der Waals surface area contributed by atoms with Crippen LogP contribution in [0, 0.1) is 27.8 Å². The van der Waals surface area contributed by atoms with Gasteiger partial charge in [0, 0.05) is 25.1 Å². The highest BCUT2D eigenvalue weighted by atomic mass is 19.1. The van der Waals surface area contributed by atoms with E-state index in [0.717, 1.165) is 18.2 Å². The Kier molecular flexibility index (Phi) is 4.28. The molecule has 0 fully saturated rings. The minimum Gasteiger partial charge on any atom is -0.378 e. The standard InChI is InChI=1S/C11H11FN2O2/c1-2-3-4-7-13-10-8-9(12)5-6-11(10)14(15)16/h5-6,8,13H,4,7H2,1H3. The van der Waals surface area contributed by atoms with Crippen molar-refractivity contribution in [2.45, 2.75) is 13.3 Å². The second-order valence-electron chi connectivity index (χ2n) is 3.02. The molecule has 0 aliphatic carbocycles. The van der Waals surface area contributed by atoms with E-state index in [-0.39, 0.29) is 11.4 Å². The molecule has 1 aromatic rings. The molecule has 84 valence electrons. The summed E-state index contributed by atoms with van der Waals surface area (Å²) in [6.45, 7) is 2.16. The van der Waals surface area contributed by atoms with Gasteiger partial charge in [0.05, 0.1) is 4.92 Å². The molecule has 0 amide bonds. The Morgan fingerprint density at radius 1 is 1.56 bits per heavy atom. The molecule has 0 unspecified atom stereocenters. The molecular formula is C11H11FN2O2. The van der Waals surface area contributed by atoms with Crippen LogP contribution in [-0.2, 0) is 0 Å². The first-order valence-corrected chi connectivity index (χ1v) is 4.72. The fourth-order valence-corrected chi connectivity index (χ4v) is 1.19. The maximum absolute atomic E-state index is 12.9. The van der Waals surface area contributed by atoms with Gasteiger partial charge in [-0.2, -0.15) is 0 Å². The lowest BCUT2D eigenvalue weighted by Crippen LogP contribution is -2.04. The van der Waals surface area contributed by atoms with Crippen molar-refractivity contribution in [3.8, 4) is 11.8 Å². The van der Waals surface area contributed by atoms with Gasteiger partial charge in [0.25, 0.3) is 5.69 Å². The highest BCUT2D eigenvalue weighted by molar-refractivity contribution is 5.61. The van der Waals surface area contributed by atoms with Crippen molar-refractivity contribution in [1.29, 1.82) is 0 Å². The zero-order chi connectivity index (χ0) is 12.0. The summed E-state index contributed by atoms with van der Waals surface area (Å²) in [5.41, 5.74) is 0.0498. The fourth-order valence-electron chi connectivity index (χ4n) is 1.19. The van der Waals surface area contributed by atoms with Crippen LogP contribution in [0.1, 0.15) is 13.3 Å². The molecule has 0 aliphatic rings. The van der Waals surface area contributed by atoms with E-state index in [1.165, 1.54) is 0 Å². The van der Waals surface area contributed by atoms with Crippen molar-refractivity contribution < 1.29 is 9.31 Å². The zero-order valence-corrected chi connectivity index (χ0v) is 8.79. The molecule has 0 radical (unpaired) electrons. The summed E-state index contributed by atoms with van der Waals surface area (Å²) in [7, 11) is 0. The Bertz CT molecular complexity index is 449. The minimum absolute atomic E-state index is 0.133. The van der Waals surface area contributed by atoms with E-state index in [4.69, 9.17) is 0 Å². The lowest BCUT2D eigenvalue weighted by Gasteiger charge is -2.04. The van der Waals surface area contributed by atoms with Gasteiger partial charge < -0.3 is 5.32 Å². The number of nitrogens with one attached hydrogen (secondary N) is 1. The van der Waals surface area contributed by atoms with Gasteiger partial charge in [0.15, 0.2) is 0 Å². The van der Waals surface area contributed by atoms with E-state index in [1.807, 2.05) is 0 Å². The number of benzene rings is 1. The van der Waals surface area contributed by atoms with Crippen molar-refractivity contribution >= 4 is 11.4 Å². The average Bonchev–Trinajstić information content (AvgIpc) is 2.24. The number of nitro groups is 1. The van der Waals surface area contributed by atoms with Crippen molar-refractivity contribution in [1.82, 2.24) is 0 Å². The summed E-state index contributed by atoms with van der Waals surface area (Å²) >= 11 is 0. The van der Waals surface area contributed by atoms with Gasteiger partial charge in [0.2, 0.25) is 0 Å². The molecule has 0 atom stereocenters. The molecule has 1 N–H and O–H groups in total. The SMILES string of the molecule is CC#CCCNc1cc(F)ccc1[N+](=O)[O-]. The van der Waals surface area contributed by atoms with Crippen LogP contribution < -0.4 is 5.32 Å². The summed E-state index contributed by atoms with van der Waals surface area (Å²) in [6.07, 6.45) is 0.560. The normalized spacial score (nSPS) is 9.12. The number of nitrogens with zero attached hydrogens (tertiary/aromatic N) is 1. The lowest BCUT2D eigenvalue weighted by molar-refractivity contribution is -0.384. The summed E-state index contributed by atoms with van der Waals surface area (Å²) in [5, 5.41) is 13.4. The monoisotopic (exact) mass is 222 g/mol. The third-order valence-corrected chi connectivity index (χ3v) is 1.90. The van der Waals surface area contributed by atoms with Crippen LogP contribution in [0.15, 0.2) is 18.2 Å². The summed E-state index contributed by atoms with van der Waals surface area (Å²) < 4.78 is 12.9. The van der Waals surface area contributed by atoms with Crippen LogP contribution in [0.2, 0.25) is 0 Å². The predicted molar refractivity (Wildman–Crippen MR) is 59.6 cm³/mol. The number of hydrogen-bond donors (Lipinski definition) is 1. The number of anilines is 1. The lowest BCUT2D eigenvalue weighted by atomic mass is 10.2. The van der Waals surface area contributed by atoms with Gasteiger partial charge in [-0.3, -0.25) is 10.1 Å². The van der Waals surface area contributed by atoms with E-state index in [2.05, 4.69) is 17.2 Å². The molecule has 1 aromatic carbocycles.